The Morgan fingerprint density at radius 3 is 2.74 bits per heavy atom. The number of hydrogen-bond donors (Lipinski definition) is 1. The zero-order chi connectivity index (χ0) is 14.1. The van der Waals surface area contributed by atoms with Crippen molar-refractivity contribution in [3.8, 4) is 0 Å². The number of esters is 1. The lowest BCUT2D eigenvalue weighted by molar-refractivity contribution is 0.0385. The van der Waals surface area contributed by atoms with Crippen LogP contribution in [0.3, 0.4) is 0 Å². The summed E-state index contributed by atoms with van der Waals surface area (Å²) in [5.74, 6) is -0.346. The molecule has 0 aromatic heterocycles. The summed E-state index contributed by atoms with van der Waals surface area (Å²) in [5, 5.41) is 0. The lowest BCUT2D eigenvalue weighted by atomic mass is 10.1. The molecule has 2 N–H and O–H groups in total. The standard InChI is InChI=1S/C14H21NO4/c1-11-12(5-3-6-13(11)15)14(16)19-8-4-7-18-10-9-17-2/h3,5-6H,4,7-10,15H2,1-2H3. The molecule has 0 aliphatic carbocycles. The normalized spacial score (nSPS) is 10.4. The van der Waals surface area contributed by atoms with Crippen LogP contribution in [-0.2, 0) is 14.2 Å². The smallest absolute Gasteiger partial charge is 0.338 e. The van der Waals surface area contributed by atoms with E-state index in [1.54, 1.807) is 32.2 Å². The Hall–Kier alpha value is -1.59. The molecular formula is C14H21NO4. The molecule has 1 aromatic rings. The van der Waals surface area contributed by atoms with Gasteiger partial charge in [0.25, 0.3) is 0 Å². The number of hydrogen-bond acceptors (Lipinski definition) is 5. The molecule has 106 valence electrons. The first-order chi connectivity index (χ1) is 9.16. The minimum Gasteiger partial charge on any atom is -0.462 e. The van der Waals surface area contributed by atoms with Gasteiger partial charge in [0.15, 0.2) is 0 Å². The maximum absolute atomic E-state index is 11.8. The van der Waals surface area contributed by atoms with E-state index in [9.17, 15) is 4.79 Å². The Morgan fingerprint density at radius 1 is 1.21 bits per heavy atom. The van der Waals surface area contributed by atoms with Crippen molar-refractivity contribution >= 4 is 11.7 Å². The van der Waals surface area contributed by atoms with Crippen LogP contribution in [0.4, 0.5) is 5.69 Å². The average Bonchev–Trinajstić information content (AvgIpc) is 2.40. The summed E-state index contributed by atoms with van der Waals surface area (Å²) in [6.45, 7) is 3.81. The number of anilines is 1. The summed E-state index contributed by atoms with van der Waals surface area (Å²) < 4.78 is 15.3. The molecule has 0 amide bonds. The van der Waals surface area contributed by atoms with E-state index in [1.807, 2.05) is 0 Å². The minimum atomic E-state index is -0.346. The fourth-order valence-corrected chi connectivity index (χ4v) is 1.52. The fourth-order valence-electron chi connectivity index (χ4n) is 1.52. The molecule has 0 heterocycles. The number of methoxy groups -OCH3 is 1. The van der Waals surface area contributed by atoms with Gasteiger partial charge in [0.2, 0.25) is 0 Å². The number of rotatable bonds is 8. The molecule has 0 atom stereocenters. The number of nitrogen functional groups attached to an aromatic ring is 1. The monoisotopic (exact) mass is 267 g/mol. The van der Waals surface area contributed by atoms with E-state index in [1.165, 1.54) is 0 Å². The van der Waals surface area contributed by atoms with Crippen LogP contribution in [0.15, 0.2) is 18.2 Å². The van der Waals surface area contributed by atoms with E-state index >= 15 is 0 Å². The number of ether oxygens (including phenoxy) is 3. The second kappa shape index (κ2) is 8.50. The Bertz CT molecular complexity index is 406. The summed E-state index contributed by atoms with van der Waals surface area (Å²) >= 11 is 0. The highest BCUT2D eigenvalue weighted by Gasteiger charge is 2.11. The van der Waals surface area contributed by atoms with Crippen LogP contribution in [0.5, 0.6) is 0 Å². The van der Waals surface area contributed by atoms with Crippen LogP contribution in [0.1, 0.15) is 22.3 Å². The van der Waals surface area contributed by atoms with Gasteiger partial charge in [0, 0.05) is 25.8 Å². The van der Waals surface area contributed by atoms with E-state index in [2.05, 4.69) is 0 Å². The van der Waals surface area contributed by atoms with Crippen LogP contribution < -0.4 is 5.73 Å². The molecule has 0 aliphatic rings. The van der Waals surface area contributed by atoms with E-state index in [-0.39, 0.29) is 5.97 Å². The highest BCUT2D eigenvalue weighted by Crippen LogP contribution is 2.16. The van der Waals surface area contributed by atoms with Crippen molar-refractivity contribution in [2.75, 3.05) is 39.3 Å². The first kappa shape index (κ1) is 15.5. The maximum Gasteiger partial charge on any atom is 0.338 e. The van der Waals surface area contributed by atoms with Crippen molar-refractivity contribution in [3.63, 3.8) is 0 Å². The zero-order valence-corrected chi connectivity index (χ0v) is 11.5. The van der Waals surface area contributed by atoms with Crippen LogP contribution in [0, 0.1) is 6.92 Å². The number of carbonyl (C=O) groups excluding carboxylic acids is 1. The zero-order valence-electron chi connectivity index (χ0n) is 11.5. The highest BCUT2D eigenvalue weighted by atomic mass is 16.5. The van der Waals surface area contributed by atoms with Crippen molar-refractivity contribution in [2.45, 2.75) is 13.3 Å². The molecule has 19 heavy (non-hydrogen) atoms. The number of benzene rings is 1. The lowest BCUT2D eigenvalue weighted by Gasteiger charge is -2.09. The van der Waals surface area contributed by atoms with Gasteiger partial charge in [0.1, 0.15) is 0 Å². The molecule has 0 spiro atoms. The van der Waals surface area contributed by atoms with Crippen LogP contribution in [0.2, 0.25) is 0 Å². The summed E-state index contributed by atoms with van der Waals surface area (Å²) in [4.78, 5) is 11.8. The van der Waals surface area contributed by atoms with Crippen LogP contribution in [0.25, 0.3) is 0 Å². The molecular weight excluding hydrogens is 246 g/mol. The first-order valence-corrected chi connectivity index (χ1v) is 6.25. The molecule has 0 fully saturated rings. The lowest BCUT2D eigenvalue weighted by Crippen LogP contribution is -2.11. The molecule has 0 radical (unpaired) electrons. The number of carbonyl (C=O) groups is 1. The summed E-state index contributed by atoms with van der Waals surface area (Å²) in [5.41, 5.74) is 7.60. The van der Waals surface area contributed by atoms with E-state index in [0.717, 1.165) is 5.56 Å². The summed E-state index contributed by atoms with van der Waals surface area (Å²) in [6, 6.07) is 5.21. The summed E-state index contributed by atoms with van der Waals surface area (Å²) in [6.07, 6.45) is 0.664. The first-order valence-electron chi connectivity index (χ1n) is 6.25. The number of nitrogens with two attached hydrogens (primary N) is 1. The molecule has 5 nitrogen and oxygen atoms in total. The summed E-state index contributed by atoms with van der Waals surface area (Å²) in [7, 11) is 1.62. The second-order valence-electron chi connectivity index (χ2n) is 4.11. The van der Waals surface area contributed by atoms with E-state index in [4.69, 9.17) is 19.9 Å². The third-order valence-electron chi connectivity index (χ3n) is 2.69. The largest absolute Gasteiger partial charge is 0.462 e. The third-order valence-corrected chi connectivity index (χ3v) is 2.69. The second-order valence-corrected chi connectivity index (χ2v) is 4.11. The molecule has 0 unspecified atom stereocenters. The Morgan fingerprint density at radius 2 is 2.00 bits per heavy atom. The molecule has 0 bridgehead atoms. The quantitative estimate of drug-likeness (QED) is 0.441. The van der Waals surface area contributed by atoms with Crippen LogP contribution in [-0.4, -0.2) is 39.5 Å². The molecule has 1 rings (SSSR count). The van der Waals surface area contributed by atoms with Gasteiger partial charge in [-0.05, 0) is 24.6 Å². The maximum atomic E-state index is 11.8. The van der Waals surface area contributed by atoms with Gasteiger partial charge in [-0.3, -0.25) is 0 Å². The van der Waals surface area contributed by atoms with Crippen molar-refractivity contribution in [1.29, 1.82) is 0 Å². The molecule has 5 heteroatoms. The van der Waals surface area contributed by atoms with Gasteiger partial charge in [-0.2, -0.15) is 0 Å². The molecule has 0 saturated carbocycles. The van der Waals surface area contributed by atoms with E-state index < -0.39 is 0 Å². The van der Waals surface area contributed by atoms with Gasteiger partial charge in [-0.15, -0.1) is 0 Å². The van der Waals surface area contributed by atoms with Gasteiger partial charge in [-0.25, -0.2) is 4.79 Å². The minimum absolute atomic E-state index is 0.333. The predicted molar refractivity (Wildman–Crippen MR) is 73.2 cm³/mol. The van der Waals surface area contributed by atoms with Crippen molar-refractivity contribution in [1.82, 2.24) is 0 Å². The van der Waals surface area contributed by atoms with Crippen molar-refractivity contribution in [2.24, 2.45) is 0 Å². The van der Waals surface area contributed by atoms with Crippen LogP contribution >= 0.6 is 0 Å². The average molecular weight is 267 g/mol. The topological polar surface area (TPSA) is 70.8 Å². The molecule has 1 aromatic carbocycles. The van der Waals surface area contributed by atoms with Crippen molar-refractivity contribution in [3.05, 3.63) is 29.3 Å². The van der Waals surface area contributed by atoms with Gasteiger partial charge in [0.05, 0.1) is 25.4 Å². The van der Waals surface area contributed by atoms with Gasteiger partial charge in [-0.1, -0.05) is 6.07 Å². The third kappa shape index (κ3) is 5.28. The Kier molecular flexibility index (Phi) is 6.92. The van der Waals surface area contributed by atoms with Crippen molar-refractivity contribution < 1.29 is 19.0 Å². The SMILES string of the molecule is COCCOCCCOC(=O)c1cccc(N)c1C. The predicted octanol–water partition coefficient (Wildman–Crippen LogP) is 1.79. The van der Waals surface area contributed by atoms with Gasteiger partial charge >= 0.3 is 5.97 Å². The fraction of sp³-hybridized carbons (Fsp3) is 0.500. The van der Waals surface area contributed by atoms with Gasteiger partial charge < -0.3 is 19.9 Å². The van der Waals surface area contributed by atoms with E-state index in [0.29, 0.717) is 44.1 Å². The highest BCUT2D eigenvalue weighted by molar-refractivity contribution is 5.92. The Balaban J connectivity index is 2.26. The Labute approximate surface area is 113 Å². The molecule has 0 aliphatic heterocycles. The molecule has 0 saturated heterocycles.